The Morgan fingerprint density at radius 2 is 2.32 bits per heavy atom. The van der Waals surface area contributed by atoms with Crippen LogP contribution in [0.25, 0.3) is 0 Å². The molecule has 1 aliphatic heterocycles. The summed E-state index contributed by atoms with van der Waals surface area (Å²) in [7, 11) is 3.85. The number of amides is 1. The van der Waals surface area contributed by atoms with E-state index in [1.54, 1.807) is 24.1 Å². The molecular weight excluding hydrogens is 264 g/mol. The number of phenolic OH excluding ortho intramolecular Hbond substituents is 1. The van der Waals surface area contributed by atoms with Crippen molar-refractivity contribution in [3.63, 3.8) is 0 Å². The molecule has 1 amide bonds. The van der Waals surface area contributed by atoms with Crippen LogP contribution in [0, 0.1) is 0 Å². The summed E-state index contributed by atoms with van der Waals surface area (Å²) in [5, 5.41) is 10.2. The largest absolute Gasteiger partial charge is 0.507 e. The summed E-state index contributed by atoms with van der Waals surface area (Å²) >= 11 is 5.77. The number of likely N-dealkylation sites (tertiary alicyclic amines) is 1. The summed E-state index contributed by atoms with van der Waals surface area (Å²) in [6.07, 6.45) is 2.29. The minimum absolute atomic E-state index is 0.0656. The topological polar surface area (TPSA) is 43.8 Å². The molecule has 0 aliphatic carbocycles. The highest BCUT2D eigenvalue weighted by Crippen LogP contribution is 2.23. The third-order valence-corrected chi connectivity index (χ3v) is 3.93. The Kier molecular flexibility index (Phi) is 4.32. The van der Waals surface area contributed by atoms with Crippen LogP contribution in [-0.4, -0.2) is 54.0 Å². The zero-order valence-corrected chi connectivity index (χ0v) is 12.0. The van der Waals surface area contributed by atoms with Gasteiger partial charge in [-0.2, -0.15) is 0 Å². The van der Waals surface area contributed by atoms with E-state index in [1.165, 1.54) is 12.5 Å². The van der Waals surface area contributed by atoms with E-state index in [-0.39, 0.29) is 11.7 Å². The van der Waals surface area contributed by atoms with Gasteiger partial charge in [0.25, 0.3) is 5.91 Å². The molecule has 1 heterocycles. The monoisotopic (exact) mass is 282 g/mol. The van der Waals surface area contributed by atoms with Gasteiger partial charge in [-0.1, -0.05) is 11.6 Å². The first-order valence-corrected chi connectivity index (χ1v) is 6.81. The van der Waals surface area contributed by atoms with Gasteiger partial charge in [0.2, 0.25) is 0 Å². The van der Waals surface area contributed by atoms with E-state index in [0.717, 1.165) is 13.0 Å². The summed E-state index contributed by atoms with van der Waals surface area (Å²) in [6.45, 7) is 1.76. The first kappa shape index (κ1) is 14.2. The molecule has 0 radical (unpaired) electrons. The van der Waals surface area contributed by atoms with E-state index in [0.29, 0.717) is 23.2 Å². The fraction of sp³-hybridized carbons (Fsp3) is 0.500. The van der Waals surface area contributed by atoms with Crippen LogP contribution in [0.2, 0.25) is 5.02 Å². The Morgan fingerprint density at radius 3 is 2.89 bits per heavy atom. The van der Waals surface area contributed by atoms with Crippen LogP contribution in [0.3, 0.4) is 0 Å². The molecule has 0 spiro atoms. The number of likely N-dealkylation sites (N-methyl/N-ethyl adjacent to an activating group) is 2. The van der Waals surface area contributed by atoms with Gasteiger partial charge in [-0.15, -0.1) is 0 Å². The summed E-state index contributed by atoms with van der Waals surface area (Å²) in [5.74, 6) is -0.237. The van der Waals surface area contributed by atoms with Gasteiger partial charge in [0.1, 0.15) is 5.75 Å². The van der Waals surface area contributed by atoms with E-state index in [9.17, 15) is 9.90 Å². The summed E-state index contributed by atoms with van der Waals surface area (Å²) in [5.41, 5.74) is 0.299. The van der Waals surface area contributed by atoms with Crippen molar-refractivity contribution in [3.05, 3.63) is 28.8 Å². The third kappa shape index (κ3) is 3.19. The smallest absolute Gasteiger partial charge is 0.257 e. The van der Waals surface area contributed by atoms with Crippen LogP contribution < -0.4 is 0 Å². The highest BCUT2D eigenvalue weighted by Gasteiger charge is 2.25. The Morgan fingerprint density at radius 1 is 1.58 bits per heavy atom. The summed E-state index contributed by atoms with van der Waals surface area (Å²) in [4.78, 5) is 16.2. The molecule has 1 N–H and O–H groups in total. The zero-order valence-electron chi connectivity index (χ0n) is 11.3. The predicted octanol–water partition coefficient (Wildman–Crippen LogP) is 2.21. The van der Waals surface area contributed by atoms with E-state index in [2.05, 4.69) is 11.9 Å². The lowest BCUT2D eigenvalue weighted by Crippen LogP contribution is -2.39. The minimum atomic E-state index is -0.172. The lowest BCUT2D eigenvalue weighted by atomic mass is 10.1. The second-order valence-electron chi connectivity index (χ2n) is 5.12. The SMILES string of the molecule is CN(CC1CCCN1C)C(=O)c1ccc(Cl)cc1O. The minimum Gasteiger partial charge on any atom is -0.507 e. The predicted molar refractivity (Wildman–Crippen MR) is 75.7 cm³/mol. The van der Waals surface area contributed by atoms with E-state index in [1.807, 2.05) is 0 Å². The molecule has 1 aromatic rings. The number of aromatic hydroxyl groups is 1. The Hall–Kier alpha value is -1.26. The van der Waals surface area contributed by atoms with Crippen LogP contribution in [0.4, 0.5) is 0 Å². The van der Waals surface area contributed by atoms with Crippen molar-refractivity contribution in [2.75, 3.05) is 27.2 Å². The quantitative estimate of drug-likeness (QED) is 0.924. The maximum atomic E-state index is 12.3. The molecular formula is C14H19ClN2O2. The first-order chi connectivity index (χ1) is 8.99. The van der Waals surface area contributed by atoms with Gasteiger partial charge in [-0.25, -0.2) is 0 Å². The molecule has 5 heteroatoms. The molecule has 0 bridgehead atoms. The maximum Gasteiger partial charge on any atom is 0.257 e. The van der Waals surface area contributed by atoms with Gasteiger partial charge in [0.05, 0.1) is 5.56 Å². The zero-order chi connectivity index (χ0) is 14.0. The van der Waals surface area contributed by atoms with E-state index in [4.69, 9.17) is 11.6 Å². The Bertz CT molecular complexity index is 479. The number of hydrogen-bond donors (Lipinski definition) is 1. The van der Waals surface area contributed by atoms with Gasteiger partial charge in [-0.3, -0.25) is 4.79 Å². The molecule has 19 heavy (non-hydrogen) atoms. The first-order valence-electron chi connectivity index (χ1n) is 6.43. The fourth-order valence-electron chi connectivity index (χ4n) is 2.50. The summed E-state index contributed by atoms with van der Waals surface area (Å²) < 4.78 is 0. The molecule has 0 aromatic heterocycles. The second-order valence-corrected chi connectivity index (χ2v) is 5.56. The average molecular weight is 283 g/mol. The Balaban J connectivity index is 2.06. The highest BCUT2D eigenvalue weighted by molar-refractivity contribution is 6.30. The third-order valence-electron chi connectivity index (χ3n) is 3.69. The van der Waals surface area contributed by atoms with Crippen molar-refractivity contribution in [1.29, 1.82) is 0 Å². The Labute approximate surface area is 118 Å². The molecule has 104 valence electrons. The van der Waals surface area contributed by atoms with Crippen molar-refractivity contribution >= 4 is 17.5 Å². The fourth-order valence-corrected chi connectivity index (χ4v) is 2.67. The molecule has 1 aliphatic rings. The maximum absolute atomic E-state index is 12.3. The van der Waals surface area contributed by atoms with Gasteiger partial charge in [-0.05, 0) is 44.6 Å². The van der Waals surface area contributed by atoms with Crippen LogP contribution in [0.1, 0.15) is 23.2 Å². The van der Waals surface area contributed by atoms with Gasteiger partial charge in [0.15, 0.2) is 0 Å². The molecule has 1 aromatic carbocycles. The van der Waals surface area contributed by atoms with Gasteiger partial charge >= 0.3 is 0 Å². The van der Waals surface area contributed by atoms with Crippen molar-refractivity contribution in [1.82, 2.24) is 9.80 Å². The van der Waals surface area contributed by atoms with Crippen LogP contribution in [-0.2, 0) is 0 Å². The molecule has 1 atom stereocenters. The highest BCUT2D eigenvalue weighted by atomic mass is 35.5. The number of nitrogens with zero attached hydrogens (tertiary/aromatic N) is 2. The number of rotatable bonds is 3. The number of hydrogen-bond acceptors (Lipinski definition) is 3. The lowest BCUT2D eigenvalue weighted by Gasteiger charge is -2.26. The van der Waals surface area contributed by atoms with Gasteiger partial charge < -0.3 is 14.9 Å². The van der Waals surface area contributed by atoms with Crippen LogP contribution >= 0.6 is 11.6 Å². The number of carbonyl (C=O) groups excluding carboxylic acids is 1. The average Bonchev–Trinajstić information content (AvgIpc) is 2.74. The van der Waals surface area contributed by atoms with E-state index < -0.39 is 0 Å². The molecule has 1 saturated heterocycles. The number of halogens is 1. The standard InChI is InChI=1S/C14H19ClN2O2/c1-16-7-3-4-11(16)9-17(2)14(19)12-6-5-10(15)8-13(12)18/h5-6,8,11,18H,3-4,7,9H2,1-2H3. The van der Waals surface area contributed by atoms with Crippen molar-refractivity contribution in [2.45, 2.75) is 18.9 Å². The van der Waals surface area contributed by atoms with E-state index >= 15 is 0 Å². The van der Waals surface area contributed by atoms with Crippen molar-refractivity contribution in [3.8, 4) is 5.75 Å². The number of carbonyl (C=O) groups is 1. The molecule has 4 nitrogen and oxygen atoms in total. The second kappa shape index (κ2) is 5.80. The number of benzene rings is 1. The summed E-state index contributed by atoms with van der Waals surface area (Å²) in [6, 6.07) is 4.98. The van der Waals surface area contributed by atoms with Crippen molar-refractivity contribution in [2.24, 2.45) is 0 Å². The normalized spacial score (nSPS) is 19.6. The van der Waals surface area contributed by atoms with Crippen LogP contribution in [0.5, 0.6) is 5.75 Å². The molecule has 0 saturated carbocycles. The molecule has 2 rings (SSSR count). The number of phenols is 1. The lowest BCUT2D eigenvalue weighted by molar-refractivity contribution is 0.0758. The van der Waals surface area contributed by atoms with Crippen LogP contribution in [0.15, 0.2) is 18.2 Å². The molecule has 1 fully saturated rings. The molecule has 1 unspecified atom stereocenters. The van der Waals surface area contributed by atoms with Gasteiger partial charge in [0, 0.05) is 24.7 Å². The van der Waals surface area contributed by atoms with Crippen molar-refractivity contribution < 1.29 is 9.90 Å².